The summed E-state index contributed by atoms with van der Waals surface area (Å²) in [4.78, 5) is 28.9. The molecule has 120 valence electrons. The SMILES string of the molecule is CC(C)(C)OC(=O)N1CCC(NC(=O)c2ccnc(F)c2)C1. The van der Waals surface area contributed by atoms with Crippen molar-refractivity contribution in [1.82, 2.24) is 15.2 Å². The van der Waals surface area contributed by atoms with Crippen LogP contribution in [0, 0.1) is 5.95 Å². The minimum Gasteiger partial charge on any atom is -0.444 e. The average Bonchev–Trinajstić information content (AvgIpc) is 2.85. The minimum absolute atomic E-state index is 0.170. The number of ether oxygens (including phenoxy) is 1. The first-order valence-electron chi connectivity index (χ1n) is 7.15. The van der Waals surface area contributed by atoms with E-state index >= 15 is 0 Å². The lowest BCUT2D eigenvalue weighted by molar-refractivity contribution is 0.0290. The number of carbonyl (C=O) groups excluding carboxylic acids is 2. The molecule has 2 amide bonds. The fourth-order valence-electron chi connectivity index (χ4n) is 2.18. The van der Waals surface area contributed by atoms with E-state index in [0.717, 1.165) is 6.07 Å². The smallest absolute Gasteiger partial charge is 0.410 e. The van der Waals surface area contributed by atoms with Crippen LogP contribution in [0.2, 0.25) is 0 Å². The van der Waals surface area contributed by atoms with Crippen molar-refractivity contribution < 1.29 is 18.7 Å². The first-order valence-corrected chi connectivity index (χ1v) is 7.15. The summed E-state index contributed by atoms with van der Waals surface area (Å²) in [7, 11) is 0. The Labute approximate surface area is 128 Å². The van der Waals surface area contributed by atoms with Gasteiger partial charge < -0.3 is 15.0 Å². The average molecular weight is 309 g/mol. The van der Waals surface area contributed by atoms with Gasteiger partial charge in [0.05, 0.1) is 0 Å². The maximum Gasteiger partial charge on any atom is 0.410 e. The molecule has 1 aliphatic heterocycles. The first-order chi connectivity index (χ1) is 10.2. The van der Waals surface area contributed by atoms with Gasteiger partial charge in [-0.05, 0) is 33.3 Å². The zero-order chi connectivity index (χ0) is 16.3. The largest absolute Gasteiger partial charge is 0.444 e. The molecule has 22 heavy (non-hydrogen) atoms. The van der Waals surface area contributed by atoms with E-state index in [0.29, 0.717) is 19.5 Å². The third-order valence-electron chi connectivity index (χ3n) is 3.16. The van der Waals surface area contributed by atoms with Gasteiger partial charge in [-0.1, -0.05) is 0 Å². The van der Waals surface area contributed by atoms with Gasteiger partial charge in [0.2, 0.25) is 5.95 Å². The molecule has 1 unspecified atom stereocenters. The molecule has 0 radical (unpaired) electrons. The number of aromatic nitrogens is 1. The Hall–Kier alpha value is -2.18. The molecular weight excluding hydrogens is 289 g/mol. The Kier molecular flexibility index (Phi) is 4.63. The molecule has 0 spiro atoms. The van der Waals surface area contributed by atoms with Crippen molar-refractivity contribution in [3.8, 4) is 0 Å². The van der Waals surface area contributed by atoms with Crippen molar-refractivity contribution in [3.05, 3.63) is 29.8 Å². The van der Waals surface area contributed by atoms with Crippen LogP contribution in [-0.2, 0) is 4.74 Å². The molecule has 0 saturated carbocycles. The molecular formula is C15H20FN3O3. The van der Waals surface area contributed by atoms with Gasteiger partial charge in [-0.25, -0.2) is 9.78 Å². The van der Waals surface area contributed by atoms with E-state index in [2.05, 4.69) is 10.3 Å². The number of halogens is 1. The van der Waals surface area contributed by atoms with Gasteiger partial charge in [-0.2, -0.15) is 4.39 Å². The molecule has 1 aromatic rings. The molecule has 1 aliphatic rings. The second-order valence-electron chi connectivity index (χ2n) is 6.25. The molecule has 0 bridgehead atoms. The molecule has 6 nitrogen and oxygen atoms in total. The fourth-order valence-corrected chi connectivity index (χ4v) is 2.18. The maximum atomic E-state index is 13.0. The fraction of sp³-hybridized carbons (Fsp3) is 0.533. The van der Waals surface area contributed by atoms with Crippen LogP contribution in [0.3, 0.4) is 0 Å². The van der Waals surface area contributed by atoms with E-state index in [1.807, 2.05) is 0 Å². The highest BCUT2D eigenvalue weighted by Crippen LogP contribution is 2.15. The zero-order valence-corrected chi connectivity index (χ0v) is 12.9. The van der Waals surface area contributed by atoms with Gasteiger partial charge >= 0.3 is 6.09 Å². The number of nitrogens with zero attached hydrogens (tertiary/aromatic N) is 2. The number of hydrogen-bond acceptors (Lipinski definition) is 4. The number of likely N-dealkylation sites (tertiary alicyclic amines) is 1. The summed E-state index contributed by atoms with van der Waals surface area (Å²) < 4.78 is 18.3. The zero-order valence-electron chi connectivity index (χ0n) is 12.9. The molecule has 1 atom stereocenters. The maximum absolute atomic E-state index is 13.0. The molecule has 2 heterocycles. The van der Waals surface area contributed by atoms with Crippen LogP contribution >= 0.6 is 0 Å². The Balaban J connectivity index is 1.88. The van der Waals surface area contributed by atoms with E-state index < -0.39 is 11.5 Å². The number of nitrogens with one attached hydrogen (secondary N) is 1. The Morgan fingerprint density at radius 1 is 1.45 bits per heavy atom. The lowest BCUT2D eigenvalue weighted by Gasteiger charge is -2.24. The standard InChI is InChI=1S/C15H20FN3O3/c1-15(2,3)22-14(21)19-7-5-11(9-19)18-13(20)10-4-6-17-12(16)8-10/h4,6,8,11H,5,7,9H2,1-3H3,(H,18,20). The number of pyridine rings is 1. The molecule has 2 rings (SSSR count). The molecule has 1 saturated heterocycles. The molecule has 1 aromatic heterocycles. The minimum atomic E-state index is -0.700. The summed E-state index contributed by atoms with van der Waals surface area (Å²) in [5, 5.41) is 2.79. The van der Waals surface area contributed by atoms with Crippen molar-refractivity contribution in [2.24, 2.45) is 0 Å². The topological polar surface area (TPSA) is 71.5 Å². The van der Waals surface area contributed by atoms with Crippen molar-refractivity contribution in [2.75, 3.05) is 13.1 Å². The second-order valence-corrected chi connectivity index (χ2v) is 6.25. The third kappa shape index (κ3) is 4.41. The van der Waals surface area contributed by atoms with E-state index in [9.17, 15) is 14.0 Å². The molecule has 7 heteroatoms. The lowest BCUT2D eigenvalue weighted by Crippen LogP contribution is -2.40. The summed E-state index contributed by atoms with van der Waals surface area (Å²) in [5.41, 5.74) is -0.337. The van der Waals surface area contributed by atoms with Crippen molar-refractivity contribution in [1.29, 1.82) is 0 Å². The van der Waals surface area contributed by atoms with Gasteiger partial charge in [-0.3, -0.25) is 4.79 Å². The van der Waals surface area contributed by atoms with Crippen molar-refractivity contribution >= 4 is 12.0 Å². The normalized spacial score (nSPS) is 18.2. The first kappa shape index (κ1) is 16.2. The van der Waals surface area contributed by atoms with Crippen LogP contribution in [0.15, 0.2) is 18.3 Å². The number of rotatable bonds is 2. The summed E-state index contributed by atoms with van der Waals surface area (Å²) in [6.45, 7) is 6.31. The van der Waals surface area contributed by atoms with Crippen molar-refractivity contribution in [2.45, 2.75) is 38.8 Å². The van der Waals surface area contributed by atoms with Gasteiger partial charge in [0.25, 0.3) is 5.91 Å². The van der Waals surface area contributed by atoms with Crippen LogP contribution in [0.25, 0.3) is 0 Å². The monoisotopic (exact) mass is 309 g/mol. The second kappa shape index (κ2) is 6.29. The third-order valence-corrected chi connectivity index (χ3v) is 3.16. The molecule has 1 N–H and O–H groups in total. The van der Waals surface area contributed by atoms with Gasteiger partial charge in [0.15, 0.2) is 0 Å². The van der Waals surface area contributed by atoms with E-state index in [-0.39, 0.29) is 23.6 Å². The van der Waals surface area contributed by atoms with Crippen molar-refractivity contribution in [3.63, 3.8) is 0 Å². The highest BCUT2D eigenvalue weighted by Gasteiger charge is 2.30. The quantitative estimate of drug-likeness (QED) is 0.848. The van der Waals surface area contributed by atoms with Crippen LogP contribution in [-0.4, -0.2) is 46.6 Å². The molecule has 0 aliphatic carbocycles. The van der Waals surface area contributed by atoms with Gasteiger partial charge in [-0.15, -0.1) is 0 Å². The Bertz CT molecular complexity index is 571. The Morgan fingerprint density at radius 3 is 2.82 bits per heavy atom. The molecule has 1 fully saturated rings. The van der Waals surface area contributed by atoms with E-state index in [1.165, 1.54) is 12.3 Å². The summed E-state index contributed by atoms with van der Waals surface area (Å²) in [6.07, 6.45) is 1.49. The number of carbonyl (C=O) groups is 2. The summed E-state index contributed by atoms with van der Waals surface area (Å²) in [6, 6.07) is 2.35. The van der Waals surface area contributed by atoms with Crippen LogP contribution in [0.5, 0.6) is 0 Å². The van der Waals surface area contributed by atoms with E-state index in [4.69, 9.17) is 4.74 Å². The highest BCUT2D eigenvalue weighted by molar-refractivity contribution is 5.94. The van der Waals surface area contributed by atoms with Gasteiger partial charge in [0, 0.05) is 37.0 Å². The lowest BCUT2D eigenvalue weighted by atomic mass is 10.2. The predicted molar refractivity (Wildman–Crippen MR) is 77.9 cm³/mol. The number of amides is 2. The summed E-state index contributed by atoms with van der Waals surface area (Å²) in [5.74, 6) is -1.08. The van der Waals surface area contributed by atoms with Crippen LogP contribution in [0.4, 0.5) is 9.18 Å². The predicted octanol–water partition coefficient (Wildman–Crippen LogP) is 1.96. The number of hydrogen-bond donors (Lipinski definition) is 1. The highest BCUT2D eigenvalue weighted by atomic mass is 19.1. The van der Waals surface area contributed by atoms with Gasteiger partial charge in [0.1, 0.15) is 5.60 Å². The summed E-state index contributed by atoms with van der Waals surface area (Å²) >= 11 is 0. The van der Waals surface area contributed by atoms with Crippen LogP contribution < -0.4 is 5.32 Å². The van der Waals surface area contributed by atoms with Crippen LogP contribution in [0.1, 0.15) is 37.6 Å². The molecule has 0 aromatic carbocycles. The van der Waals surface area contributed by atoms with E-state index in [1.54, 1.807) is 25.7 Å². The Morgan fingerprint density at radius 2 is 2.18 bits per heavy atom.